The Bertz CT molecular complexity index is 1040. The molecule has 0 aliphatic rings. The summed E-state index contributed by atoms with van der Waals surface area (Å²) >= 11 is 6.67. The lowest BCUT2D eigenvalue weighted by atomic mass is 9.99. The number of alkyl halides is 3. The molecule has 2 aromatic carbocycles. The minimum absolute atomic E-state index is 0.242. The smallest absolute Gasteiger partial charge is 0.424 e. The number of anilines is 1. The number of hydrogen-bond donors (Lipinski definition) is 2. The number of para-hydroxylation sites is 1. The van der Waals surface area contributed by atoms with E-state index < -0.39 is 29.1 Å². The molecule has 3 rings (SSSR count). The van der Waals surface area contributed by atoms with Crippen LogP contribution in [0.2, 0.25) is 5.02 Å². The van der Waals surface area contributed by atoms with Crippen LogP contribution in [-0.4, -0.2) is 22.2 Å². The molecule has 0 radical (unpaired) electrons. The van der Waals surface area contributed by atoms with Gasteiger partial charge in [-0.05, 0) is 43.3 Å². The van der Waals surface area contributed by atoms with Crippen molar-refractivity contribution < 1.29 is 27.8 Å². The molecule has 158 valence electrons. The van der Waals surface area contributed by atoms with Gasteiger partial charge < -0.3 is 15.2 Å². The molecule has 0 bridgehead atoms. The lowest BCUT2D eigenvalue weighted by Gasteiger charge is -2.27. The molecule has 0 saturated carbocycles. The lowest BCUT2D eigenvalue weighted by Crippen LogP contribution is -2.45. The number of aromatic nitrogens is 1. The van der Waals surface area contributed by atoms with Gasteiger partial charge in [0.05, 0.1) is 11.4 Å². The second-order valence-corrected chi connectivity index (χ2v) is 7.70. The molecule has 10 heteroatoms. The monoisotopic (exact) mass is 456 g/mol. The number of nitrogens with one attached hydrogen (secondary N) is 1. The topological polar surface area (TPSA) is 71.5 Å². The van der Waals surface area contributed by atoms with E-state index in [9.17, 15) is 23.1 Å². The quantitative estimate of drug-likeness (QED) is 0.501. The van der Waals surface area contributed by atoms with E-state index in [0.29, 0.717) is 33.6 Å². The molecule has 3 aromatic rings. The first-order chi connectivity index (χ1) is 14.1. The first-order valence-electron chi connectivity index (χ1n) is 8.62. The predicted molar refractivity (Wildman–Crippen MR) is 108 cm³/mol. The van der Waals surface area contributed by atoms with Crippen molar-refractivity contribution in [1.29, 1.82) is 0 Å². The molecule has 0 aliphatic heterocycles. The maximum absolute atomic E-state index is 13.5. The van der Waals surface area contributed by atoms with E-state index in [-0.39, 0.29) is 5.69 Å². The fourth-order valence-corrected chi connectivity index (χ4v) is 3.63. The molecule has 1 unspecified atom stereocenters. The number of carbonyl (C=O) groups excluding carboxylic acids is 1. The number of rotatable bonds is 6. The summed E-state index contributed by atoms with van der Waals surface area (Å²) in [5.41, 5.74) is -2.80. The number of ether oxygens (including phenoxy) is 1. The predicted octanol–water partition coefficient (Wildman–Crippen LogP) is 5.68. The van der Waals surface area contributed by atoms with Gasteiger partial charge >= 0.3 is 6.18 Å². The number of nitrogens with zero attached hydrogens (tertiary/aromatic N) is 1. The van der Waals surface area contributed by atoms with Gasteiger partial charge in [-0.1, -0.05) is 23.7 Å². The first-order valence-corrected chi connectivity index (χ1v) is 9.88. The van der Waals surface area contributed by atoms with Crippen LogP contribution in [0.15, 0.2) is 53.9 Å². The van der Waals surface area contributed by atoms with Crippen molar-refractivity contribution >= 4 is 34.5 Å². The fraction of sp³-hybridized carbons (Fsp3) is 0.200. The van der Waals surface area contributed by atoms with Crippen LogP contribution in [0.1, 0.15) is 17.1 Å². The zero-order valence-corrected chi connectivity index (χ0v) is 17.1. The summed E-state index contributed by atoms with van der Waals surface area (Å²) in [7, 11) is 0. The molecule has 1 aromatic heterocycles. The first kappa shape index (κ1) is 22.1. The summed E-state index contributed by atoms with van der Waals surface area (Å²) in [4.78, 5) is 15.9. The number of aryl methyl sites for hydroxylation is 1. The highest BCUT2D eigenvalue weighted by Gasteiger charge is 2.58. The van der Waals surface area contributed by atoms with Crippen molar-refractivity contribution in [2.45, 2.75) is 25.1 Å². The van der Waals surface area contributed by atoms with Crippen molar-refractivity contribution in [3.63, 3.8) is 0 Å². The van der Waals surface area contributed by atoms with Gasteiger partial charge in [0.15, 0.2) is 0 Å². The number of thiazole rings is 1. The summed E-state index contributed by atoms with van der Waals surface area (Å²) in [5.74, 6) is -0.154. The Hall–Kier alpha value is -2.62. The maximum Gasteiger partial charge on any atom is 0.424 e. The van der Waals surface area contributed by atoms with Crippen LogP contribution in [0.25, 0.3) is 0 Å². The molecule has 5 nitrogen and oxygen atoms in total. The van der Waals surface area contributed by atoms with Crippen LogP contribution in [0, 0.1) is 6.92 Å². The number of halogens is 4. The third-order valence-corrected chi connectivity index (χ3v) is 5.48. The van der Waals surface area contributed by atoms with Gasteiger partial charge in [-0.15, -0.1) is 11.3 Å². The SMILES string of the molecule is Cc1csc(C(O)(CC(=O)Nc2ccc(Oc3ccccc3Cl)cc2)C(F)(F)F)n1. The van der Waals surface area contributed by atoms with Gasteiger partial charge in [0.2, 0.25) is 11.5 Å². The molecule has 0 spiro atoms. The zero-order valence-electron chi connectivity index (χ0n) is 15.5. The van der Waals surface area contributed by atoms with Gasteiger partial charge in [-0.3, -0.25) is 4.79 Å². The van der Waals surface area contributed by atoms with E-state index >= 15 is 0 Å². The van der Waals surface area contributed by atoms with E-state index in [0.717, 1.165) is 0 Å². The van der Waals surface area contributed by atoms with Crippen LogP contribution in [0.5, 0.6) is 11.5 Å². The minimum Gasteiger partial charge on any atom is -0.456 e. The number of hydrogen-bond acceptors (Lipinski definition) is 5. The van der Waals surface area contributed by atoms with E-state index in [2.05, 4.69) is 10.3 Å². The van der Waals surface area contributed by atoms with Crippen LogP contribution in [-0.2, 0) is 10.4 Å². The minimum atomic E-state index is -5.07. The van der Waals surface area contributed by atoms with E-state index in [1.54, 1.807) is 24.3 Å². The molecule has 0 fully saturated rings. The molecule has 1 atom stereocenters. The third-order valence-electron chi connectivity index (χ3n) is 4.06. The molecule has 30 heavy (non-hydrogen) atoms. The highest BCUT2D eigenvalue weighted by molar-refractivity contribution is 7.09. The number of amides is 1. The lowest BCUT2D eigenvalue weighted by molar-refractivity contribution is -0.266. The van der Waals surface area contributed by atoms with Crippen molar-refractivity contribution in [3.8, 4) is 11.5 Å². The number of aliphatic hydroxyl groups is 1. The van der Waals surface area contributed by atoms with Crippen LogP contribution >= 0.6 is 22.9 Å². The van der Waals surface area contributed by atoms with Gasteiger partial charge in [-0.2, -0.15) is 13.2 Å². The van der Waals surface area contributed by atoms with Crippen molar-refractivity contribution in [2.24, 2.45) is 0 Å². The normalized spacial score (nSPS) is 13.5. The summed E-state index contributed by atoms with van der Waals surface area (Å²) in [5, 5.41) is 13.8. The van der Waals surface area contributed by atoms with Gasteiger partial charge in [0.25, 0.3) is 0 Å². The Morgan fingerprint density at radius 3 is 2.43 bits per heavy atom. The fourth-order valence-electron chi connectivity index (χ4n) is 2.54. The van der Waals surface area contributed by atoms with Gasteiger partial charge in [0, 0.05) is 16.8 Å². The molecule has 1 amide bonds. The second-order valence-electron chi connectivity index (χ2n) is 6.43. The van der Waals surface area contributed by atoms with Crippen molar-refractivity contribution in [1.82, 2.24) is 4.98 Å². The van der Waals surface area contributed by atoms with E-state index in [1.807, 2.05) is 0 Å². The van der Waals surface area contributed by atoms with Crippen LogP contribution in [0.3, 0.4) is 0 Å². The van der Waals surface area contributed by atoms with Crippen molar-refractivity contribution in [3.05, 3.63) is 69.6 Å². The van der Waals surface area contributed by atoms with Crippen LogP contribution in [0.4, 0.5) is 18.9 Å². The Labute approximate surface area is 179 Å². The maximum atomic E-state index is 13.5. The number of benzene rings is 2. The van der Waals surface area contributed by atoms with Crippen LogP contribution < -0.4 is 10.1 Å². The summed E-state index contributed by atoms with van der Waals surface area (Å²) in [6.07, 6.45) is -6.29. The Morgan fingerprint density at radius 2 is 1.87 bits per heavy atom. The molecule has 0 saturated heterocycles. The molecule has 0 aliphatic carbocycles. The third kappa shape index (κ3) is 4.92. The highest BCUT2D eigenvalue weighted by atomic mass is 35.5. The molecular weight excluding hydrogens is 441 g/mol. The van der Waals surface area contributed by atoms with Crippen molar-refractivity contribution in [2.75, 3.05) is 5.32 Å². The summed E-state index contributed by atoms with van der Waals surface area (Å²) in [6, 6.07) is 12.8. The second kappa shape index (κ2) is 8.63. The molecule has 2 N–H and O–H groups in total. The average Bonchev–Trinajstić information content (AvgIpc) is 3.11. The highest BCUT2D eigenvalue weighted by Crippen LogP contribution is 2.43. The molecule has 1 heterocycles. The number of carbonyl (C=O) groups is 1. The Morgan fingerprint density at radius 1 is 1.20 bits per heavy atom. The average molecular weight is 457 g/mol. The Balaban J connectivity index is 1.70. The van der Waals surface area contributed by atoms with E-state index in [1.165, 1.54) is 36.6 Å². The largest absolute Gasteiger partial charge is 0.456 e. The van der Waals surface area contributed by atoms with E-state index in [4.69, 9.17) is 16.3 Å². The summed E-state index contributed by atoms with van der Waals surface area (Å²) in [6.45, 7) is 1.50. The van der Waals surface area contributed by atoms with Gasteiger partial charge in [0.1, 0.15) is 16.5 Å². The van der Waals surface area contributed by atoms with Gasteiger partial charge in [-0.25, -0.2) is 4.98 Å². The molecular formula is C20H16ClF3N2O3S. The zero-order chi connectivity index (χ0) is 21.9. The summed E-state index contributed by atoms with van der Waals surface area (Å²) < 4.78 is 46.1. The Kier molecular flexibility index (Phi) is 6.35. The standard InChI is InChI=1S/C20H16ClF3N2O3S/c1-12-11-30-18(25-12)19(28,20(22,23)24)10-17(27)26-13-6-8-14(9-7-13)29-16-5-3-2-4-15(16)21/h2-9,11,28H,10H2,1H3,(H,26,27).